The van der Waals surface area contributed by atoms with Crippen molar-refractivity contribution in [1.29, 1.82) is 0 Å². The number of ether oxygens (including phenoxy) is 6. The van der Waals surface area contributed by atoms with E-state index >= 15 is 0 Å². The van der Waals surface area contributed by atoms with Crippen molar-refractivity contribution in [2.24, 2.45) is 0 Å². The minimum Gasteiger partial charge on any atom is -0.493 e. The summed E-state index contributed by atoms with van der Waals surface area (Å²) >= 11 is 0. The number of methoxy groups -OCH3 is 2. The quantitative estimate of drug-likeness (QED) is 0.482. The standard InChI is InChI=1S/C22H29NO9/c1-12(24)23-18-19(26)20-16(11-29-22(2,3)32-20)31-21(18)30-14-8-6-13(10-15(14)27-4)7-9-17(25)28-5/h6-10,16,18-21,26H,11H2,1-5H3,(H,23,24). The molecule has 5 unspecified atom stereocenters. The average Bonchev–Trinajstić information content (AvgIpc) is 2.75. The van der Waals surface area contributed by atoms with E-state index in [2.05, 4.69) is 10.1 Å². The number of aliphatic hydroxyl groups excluding tert-OH is 1. The monoisotopic (exact) mass is 451 g/mol. The van der Waals surface area contributed by atoms with Crippen LogP contribution in [0, 0.1) is 0 Å². The zero-order valence-electron chi connectivity index (χ0n) is 18.7. The number of carbonyl (C=O) groups excluding carboxylic acids is 2. The highest BCUT2D eigenvalue weighted by Crippen LogP contribution is 2.35. The van der Waals surface area contributed by atoms with E-state index in [9.17, 15) is 14.7 Å². The Kier molecular flexibility index (Phi) is 7.40. The molecular weight excluding hydrogens is 422 g/mol. The molecule has 0 aliphatic carbocycles. The lowest BCUT2D eigenvalue weighted by atomic mass is 9.95. The predicted octanol–water partition coefficient (Wildman–Crippen LogP) is 1.00. The summed E-state index contributed by atoms with van der Waals surface area (Å²) in [6.45, 7) is 5.02. The molecule has 3 rings (SSSR count). The predicted molar refractivity (Wildman–Crippen MR) is 112 cm³/mol. The molecule has 1 aromatic carbocycles. The first-order valence-electron chi connectivity index (χ1n) is 10.2. The molecule has 2 heterocycles. The SMILES string of the molecule is COC(=O)C=Cc1ccc(OC2OC3COC(C)(C)OC3C(O)C2NC(C)=O)c(OC)c1. The zero-order chi connectivity index (χ0) is 23.5. The van der Waals surface area contributed by atoms with Crippen molar-refractivity contribution in [2.45, 2.75) is 57.2 Å². The Labute approximate surface area is 186 Å². The third-order valence-corrected chi connectivity index (χ3v) is 5.10. The second-order valence-electron chi connectivity index (χ2n) is 7.94. The van der Waals surface area contributed by atoms with E-state index in [1.54, 1.807) is 38.1 Å². The molecule has 2 N–H and O–H groups in total. The van der Waals surface area contributed by atoms with E-state index in [0.29, 0.717) is 17.1 Å². The Bertz CT molecular complexity index is 869. The fourth-order valence-electron chi connectivity index (χ4n) is 3.58. The summed E-state index contributed by atoms with van der Waals surface area (Å²) in [6.07, 6.45) is -0.576. The third-order valence-electron chi connectivity index (χ3n) is 5.10. The van der Waals surface area contributed by atoms with Gasteiger partial charge in [-0.1, -0.05) is 6.07 Å². The summed E-state index contributed by atoms with van der Waals surface area (Å²) in [7, 11) is 2.76. The van der Waals surface area contributed by atoms with Crippen LogP contribution in [0.2, 0.25) is 0 Å². The number of hydrogen-bond donors (Lipinski definition) is 2. The fraction of sp³-hybridized carbons (Fsp3) is 0.545. The van der Waals surface area contributed by atoms with Gasteiger partial charge in [-0.05, 0) is 37.6 Å². The largest absolute Gasteiger partial charge is 0.493 e. The van der Waals surface area contributed by atoms with Gasteiger partial charge in [0.25, 0.3) is 0 Å². The highest BCUT2D eigenvalue weighted by atomic mass is 16.8. The van der Waals surface area contributed by atoms with Crippen molar-refractivity contribution in [3.63, 3.8) is 0 Å². The smallest absolute Gasteiger partial charge is 0.330 e. The van der Waals surface area contributed by atoms with Crippen LogP contribution in [0.5, 0.6) is 11.5 Å². The lowest BCUT2D eigenvalue weighted by molar-refractivity contribution is -0.361. The van der Waals surface area contributed by atoms with Crippen LogP contribution in [0.15, 0.2) is 24.3 Å². The van der Waals surface area contributed by atoms with Crippen LogP contribution in [0.1, 0.15) is 26.3 Å². The number of carbonyl (C=O) groups is 2. The molecule has 0 saturated carbocycles. The molecule has 10 heteroatoms. The van der Waals surface area contributed by atoms with E-state index in [1.807, 2.05) is 0 Å². The van der Waals surface area contributed by atoms with E-state index in [0.717, 1.165) is 0 Å². The van der Waals surface area contributed by atoms with Crippen LogP contribution < -0.4 is 14.8 Å². The van der Waals surface area contributed by atoms with Crippen LogP contribution in [0.4, 0.5) is 0 Å². The zero-order valence-corrected chi connectivity index (χ0v) is 18.7. The number of fused-ring (bicyclic) bond motifs is 1. The average molecular weight is 451 g/mol. The Morgan fingerprint density at radius 1 is 1.25 bits per heavy atom. The van der Waals surface area contributed by atoms with Gasteiger partial charge in [-0.15, -0.1) is 0 Å². The fourth-order valence-corrected chi connectivity index (χ4v) is 3.58. The van der Waals surface area contributed by atoms with Crippen LogP contribution in [-0.2, 0) is 28.5 Å². The number of hydrogen-bond acceptors (Lipinski definition) is 9. The number of benzene rings is 1. The van der Waals surface area contributed by atoms with E-state index < -0.39 is 42.4 Å². The first kappa shape index (κ1) is 24.0. The van der Waals surface area contributed by atoms with Gasteiger partial charge in [-0.3, -0.25) is 4.79 Å². The van der Waals surface area contributed by atoms with Gasteiger partial charge in [-0.25, -0.2) is 4.79 Å². The summed E-state index contributed by atoms with van der Waals surface area (Å²) in [4.78, 5) is 23.1. The molecule has 0 bridgehead atoms. The lowest BCUT2D eigenvalue weighted by Crippen LogP contribution is -2.69. The molecule has 32 heavy (non-hydrogen) atoms. The Morgan fingerprint density at radius 3 is 2.66 bits per heavy atom. The Hall–Kier alpha value is -2.66. The van der Waals surface area contributed by atoms with Gasteiger partial charge in [0, 0.05) is 13.0 Å². The van der Waals surface area contributed by atoms with Crippen LogP contribution in [-0.4, -0.2) is 74.2 Å². The molecular formula is C22H29NO9. The van der Waals surface area contributed by atoms with Gasteiger partial charge < -0.3 is 38.8 Å². The topological polar surface area (TPSA) is 122 Å². The molecule has 1 aromatic rings. The normalized spacial score (nSPS) is 29.1. The molecule has 2 fully saturated rings. The van der Waals surface area contributed by atoms with Crippen LogP contribution in [0.25, 0.3) is 6.08 Å². The van der Waals surface area contributed by atoms with Crippen molar-refractivity contribution in [3.8, 4) is 11.5 Å². The van der Waals surface area contributed by atoms with Gasteiger partial charge in [0.2, 0.25) is 12.2 Å². The number of rotatable bonds is 6. The van der Waals surface area contributed by atoms with E-state index in [1.165, 1.54) is 27.2 Å². The molecule has 10 nitrogen and oxygen atoms in total. The van der Waals surface area contributed by atoms with Gasteiger partial charge in [0.05, 0.1) is 20.8 Å². The van der Waals surface area contributed by atoms with E-state index in [4.69, 9.17) is 23.7 Å². The molecule has 2 aliphatic rings. The van der Waals surface area contributed by atoms with Crippen molar-refractivity contribution >= 4 is 18.0 Å². The van der Waals surface area contributed by atoms with Gasteiger partial charge >= 0.3 is 5.97 Å². The second-order valence-corrected chi connectivity index (χ2v) is 7.94. The summed E-state index contributed by atoms with van der Waals surface area (Å²) in [5.41, 5.74) is 0.680. The molecule has 0 spiro atoms. The summed E-state index contributed by atoms with van der Waals surface area (Å²) < 4.78 is 33.5. The third kappa shape index (κ3) is 5.57. The van der Waals surface area contributed by atoms with Gasteiger partial charge in [-0.2, -0.15) is 0 Å². The lowest BCUT2D eigenvalue weighted by Gasteiger charge is -2.49. The number of aliphatic hydroxyl groups is 1. The first-order valence-corrected chi connectivity index (χ1v) is 10.2. The molecule has 2 saturated heterocycles. The summed E-state index contributed by atoms with van der Waals surface area (Å²) in [5.74, 6) is -1.03. The van der Waals surface area contributed by atoms with Crippen molar-refractivity contribution < 1.29 is 43.1 Å². The van der Waals surface area contributed by atoms with Crippen molar-refractivity contribution in [3.05, 3.63) is 29.8 Å². The van der Waals surface area contributed by atoms with Gasteiger partial charge in [0.1, 0.15) is 24.4 Å². The maximum Gasteiger partial charge on any atom is 0.330 e. The van der Waals surface area contributed by atoms with Crippen molar-refractivity contribution in [1.82, 2.24) is 5.32 Å². The molecule has 1 amide bonds. The highest BCUT2D eigenvalue weighted by Gasteiger charge is 2.52. The maximum atomic E-state index is 11.8. The first-order chi connectivity index (χ1) is 15.1. The summed E-state index contributed by atoms with van der Waals surface area (Å²) in [6, 6.07) is 4.12. The number of esters is 1. The minimum absolute atomic E-state index is 0.190. The molecule has 2 aliphatic heterocycles. The summed E-state index contributed by atoms with van der Waals surface area (Å²) in [5, 5.41) is 13.7. The maximum absolute atomic E-state index is 11.8. The van der Waals surface area contributed by atoms with E-state index in [-0.39, 0.29) is 12.5 Å². The van der Waals surface area contributed by atoms with Crippen LogP contribution >= 0.6 is 0 Å². The molecule has 0 radical (unpaired) electrons. The minimum atomic E-state index is -1.10. The second kappa shape index (κ2) is 9.86. The number of nitrogens with one attached hydrogen (secondary N) is 1. The number of amides is 1. The molecule has 176 valence electrons. The van der Waals surface area contributed by atoms with Crippen LogP contribution in [0.3, 0.4) is 0 Å². The Morgan fingerprint density at radius 2 is 2.00 bits per heavy atom. The Balaban J connectivity index is 1.83. The molecule has 5 atom stereocenters. The highest BCUT2D eigenvalue weighted by molar-refractivity contribution is 5.87. The van der Waals surface area contributed by atoms with Crippen molar-refractivity contribution in [2.75, 3.05) is 20.8 Å². The van der Waals surface area contributed by atoms with Gasteiger partial charge in [0.15, 0.2) is 17.3 Å². The molecule has 0 aromatic heterocycles.